The molecule has 0 amide bonds. The third kappa shape index (κ3) is 3.48. The van der Waals surface area contributed by atoms with Crippen LogP contribution in [0, 0.1) is 0 Å². The van der Waals surface area contributed by atoms with Crippen LogP contribution in [0.15, 0.2) is 0 Å². The zero-order chi connectivity index (χ0) is 13.9. The van der Waals surface area contributed by atoms with Gasteiger partial charge in [0.2, 0.25) is 0 Å². The highest BCUT2D eigenvalue weighted by Crippen LogP contribution is 2.30. The van der Waals surface area contributed by atoms with Crippen LogP contribution in [0.5, 0.6) is 0 Å². The van der Waals surface area contributed by atoms with Crippen LogP contribution < -0.4 is 4.72 Å². The van der Waals surface area contributed by atoms with Gasteiger partial charge in [-0.05, 0) is 32.6 Å². The summed E-state index contributed by atoms with van der Waals surface area (Å²) in [6.45, 7) is 2.46. The minimum absolute atomic E-state index is 0.0607. The van der Waals surface area contributed by atoms with Crippen LogP contribution in [0.3, 0.4) is 0 Å². The van der Waals surface area contributed by atoms with Crippen molar-refractivity contribution >= 4 is 10.2 Å². The van der Waals surface area contributed by atoms with Crippen LogP contribution in [0.4, 0.5) is 0 Å². The molecule has 1 aliphatic heterocycles. The van der Waals surface area contributed by atoms with E-state index in [1.807, 2.05) is 6.92 Å². The van der Waals surface area contributed by atoms with Gasteiger partial charge in [0.1, 0.15) is 0 Å². The summed E-state index contributed by atoms with van der Waals surface area (Å²) < 4.78 is 29.4. The zero-order valence-corrected chi connectivity index (χ0v) is 12.6. The van der Waals surface area contributed by atoms with Crippen molar-refractivity contribution < 1.29 is 13.5 Å². The topological polar surface area (TPSA) is 69.6 Å². The number of hydrogen-bond donors (Lipinski definition) is 2. The molecule has 2 fully saturated rings. The Labute approximate surface area is 116 Å². The molecule has 0 aromatic rings. The fourth-order valence-electron chi connectivity index (χ4n) is 3.28. The summed E-state index contributed by atoms with van der Waals surface area (Å²) in [5.41, 5.74) is -0.631. The standard InChI is InChI=1S/C13H26N2O3S/c1-12-7-3-6-10-15(12)19(17,18)14-13(11-16)8-4-2-5-9-13/h12,14,16H,2-11H2,1H3. The number of nitrogens with zero attached hydrogens (tertiary/aromatic N) is 1. The van der Waals surface area contributed by atoms with E-state index in [0.717, 1.165) is 51.4 Å². The Balaban J connectivity index is 2.10. The Morgan fingerprint density at radius 2 is 1.89 bits per heavy atom. The second-order valence-electron chi connectivity index (χ2n) is 6.06. The maximum absolute atomic E-state index is 12.5. The van der Waals surface area contributed by atoms with E-state index < -0.39 is 15.7 Å². The Morgan fingerprint density at radius 3 is 2.47 bits per heavy atom. The van der Waals surface area contributed by atoms with Crippen molar-refractivity contribution in [2.45, 2.75) is 69.9 Å². The summed E-state index contributed by atoms with van der Waals surface area (Å²) >= 11 is 0. The van der Waals surface area contributed by atoms with Gasteiger partial charge in [0, 0.05) is 12.6 Å². The van der Waals surface area contributed by atoms with E-state index in [1.165, 1.54) is 0 Å². The minimum Gasteiger partial charge on any atom is -0.394 e. The SMILES string of the molecule is CC1CCCCN1S(=O)(=O)NC1(CO)CCCCC1. The first-order chi connectivity index (χ1) is 8.99. The van der Waals surface area contributed by atoms with Gasteiger partial charge in [-0.25, -0.2) is 0 Å². The van der Waals surface area contributed by atoms with Crippen molar-refractivity contribution in [1.29, 1.82) is 0 Å². The molecular weight excluding hydrogens is 264 g/mol. The Morgan fingerprint density at radius 1 is 1.21 bits per heavy atom. The van der Waals surface area contributed by atoms with Gasteiger partial charge < -0.3 is 5.11 Å². The second kappa shape index (κ2) is 6.08. The fraction of sp³-hybridized carbons (Fsp3) is 1.00. The number of nitrogens with one attached hydrogen (secondary N) is 1. The molecule has 2 N–H and O–H groups in total. The van der Waals surface area contributed by atoms with E-state index in [0.29, 0.717) is 6.54 Å². The quantitative estimate of drug-likeness (QED) is 0.822. The van der Waals surface area contributed by atoms with Crippen molar-refractivity contribution in [1.82, 2.24) is 9.03 Å². The van der Waals surface area contributed by atoms with E-state index in [9.17, 15) is 13.5 Å². The van der Waals surface area contributed by atoms with Crippen LogP contribution in [0.25, 0.3) is 0 Å². The average molecular weight is 290 g/mol. The predicted molar refractivity (Wildman–Crippen MR) is 75.0 cm³/mol. The lowest BCUT2D eigenvalue weighted by molar-refractivity contribution is 0.137. The third-order valence-electron chi connectivity index (χ3n) is 4.51. The summed E-state index contributed by atoms with van der Waals surface area (Å²) in [5.74, 6) is 0. The summed E-state index contributed by atoms with van der Waals surface area (Å²) in [7, 11) is -3.48. The van der Waals surface area contributed by atoms with Gasteiger partial charge >= 0.3 is 0 Å². The lowest BCUT2D eigenvalue weighted by atomic mass is 9.83. The summed E-state index contributed by atoms with van der Waals surface area (Å²) in [4.78, 5) is 0. The Hall–Kier alpha value is -0.170. The summed E-state index contributed by atoms with van der Waals surface area (Å²) in [6, 6.07) is 0.0607. The molecular formula is C13H26N2O3S. The lowest BCUT2D eigenvalue weighted by Crippen LogP contribution is -2.58. The van der Waals surface area contributed by atoms with Crippen LogP contribution >= 0.6 is 0 Å². The highest BCUT2D eigenvalue weighted by molar-refractivity contribution is 7.87. The number of aliphatic hydroxyl groups excluding tert-OH is 1. The first-order valence-corrected chi connectivity index (χ1v) is 8.85. The number of rotatable bonds is 4. The van der Waals surface area contributed by atoms with Gasteiger partial charge in [0.05, 0.1) is 12.1 Å². The third-order valence-corrected chi connectivity index (χ3v) is 6.36. The Kier molecular flexibility index (Phi) is 4.87. The molecule has 2 rings (SSSR count). The highest BCUT2D eigenvalue weighted by Gasteiger charge is 2.39. The van der Waals surface area contributed by atoms with Gasteiger partial charge in [-0.1, -0.05) is 25.7 Å². The molecule has 1 saturated carbocycles. The van der Waals surface area contributed by atoms with Gasteiger partial charge in [0.15, 0.2) is 0 Å². The van der Waals surface area contributed by atoms with Gasteiger partial charge in [0.25, 0.3) is 10.2 Å². The van der Waals surface area contributed by atoms with E-state index in [2.05, 4.69) is 4.72 Å². The molecule has 1 heterocycles. The van der Waals surface area contributed by atoms with E-state index in [-0.39, 0.29) is 12.6 Å². The van der Waals surface area contributed by atoms with Crippen molar-refractivity contribution in [3.05, 3.63) is 0 Å². The lowest BCUT2D eigenvalue weighted by Gasteiger charge is -2.40. The van der Waals surface area contributed by atoms with Crippen molar-refractivity contribution in [2.75, 3.05) is 13.2 Å². The second-order valence-corrected chi connectivity index (χ2v) is 7.68. The molecule has 1 unspecified atom stereocenters. The number of piperidine rings is 1. The molecule has 2 aliphatic rings. The van der Waals surface area contributed by atoms with E-state index in [1.54, 1.807) is 4.31 Å². The molecule has 0 aromatic heterocycles. The molecule has 1 aliphatic carbocycles. The number of hydrogen-bond acceptors (Lipinski definition) is 3. The summed E-state index contributed by atoms with van der Waals surface area (Å²) in [5, 5.41) is 9.62. The molecule has 5 nitrogen and oxygen atoms in total. The molecule has 1 saturated heterocycles. The molecule has 0 spiro atoms. The molecule has 0 bridgehead atoms. The monoisotopic (exact) mass is 290 g/mol. The van der Waals surface area contributed by atoms with E-state index in [4.69, 9.17) is 0 Å². The summed E-state index contributed by atoms with van der Waals surface area (Å²) in [6.07, 6.45) is 7.53. The van der Waals surface area contributed by atoms with Gasteiger partial charge in [-0.2, -0.15) is 17.4 Å². The van der Waals surface area contributed by atoms with Crippen molar-refractivity contribution in [3.8, 4) is 0 Å². The van der Waals surface area contributed by atoms with Crippen molar-refractivity contribution in [3.63, 3.8) is 0 Å². The Bertz CT molecular complexity index is 391. The number of aliphatic hydroxyl groups is 1. The van der Waals surface area contributed by atoms with E-state index >= 15 is 0 Å². The molecule has 112 valence electrons. The maximum Gasteiger partial charge on any atom is 0.280 e. The first kappa shape index (κ1) is 15.2. The molecule has 6 heteroatoms. The first-order valence-electron chi connectivity index (χ1n) is 7.41. The maximum atomic E-state index is 12.5. The normalized spacial score (nSPS) is 29.3. The molecule has 0 aromatic carbocycles. The largest absolute Gasteiger partial charge is 0.394 e. The average Bonchev–Trinajstić information content (AvgIpc) is 2.39. The van der Waals surface area contributed by atoms with Gasteiger partial charge in [-0.3, -0.25) is 0 Å². The van der Waals surface area contributed by atoms with Gasteiger partial charge in [-0.15, -0.1) is 0 Å². The van der Waals surface area contributed by atoms with Crippen LogP contribution in [0.1, 0.15) is 58.3 Å². The highest BCUT2D eigenvalue weighted by atomic mass is 32.2. The molecule has 0 radical (unpaired) electrons. The van der Waals surface area contributed by atoms with Crippen LogP contribution in [0.2, 0.25) is 0 Å². The fourth-order valence-corrected chi connectivity index (χ4v) is 5.16. The zero-order valence-electron chi connectivity index (χ0n) is 11.8. The van der Waals surface area contributed by atoms with Crippen molar-refractivity contribution in [2.24, 2.45) is 0 Å². The molecule has 1 atom stereocenters. The predicted octanol–water partition coefficient (Wildman–Crippen LogP) is 1.39. The molecule has 19 heavy (non-hydrogen) atoms. The smallest absolute Gasteiger partial charge is 0.280 e. The minimum atomic E-state index is -3.48. The van der Waals surface area contributed by atoms with Crippen LogP contribution in [-0.2, 0) is 10.2 Å². The van der Waals surface area contributed by atoms with Crippen LogP contribution in [-0.4, -0.2) is 42.6 Å².